The molecule has 1 aliphatic rings. The summed E-state index contributed by atoms with van der Waals surface area (Å²) in [6.45, 7) is 5.46. The number of nitrogens with zero attached hydrogens (tertiary/aromatic N) is 4. The van der Waals surface area contributed by atoms with E-state index in [0.717, 1.165) is 5.69 Å². The van der Waals surface area contributed by atoms with Crippen molar-refractivity contribution in [3.63, 3.8) is 0 Å². The molecule has 136 valence electrons. The van der Waals surface area contributed by atoms with Gasteiger partial charge in [-0.3, -0.25) is 14.4 Å². The topological polar surface area (TPSA) is 110 Å². The molecule has 2 aromatic rings. The van der Waals surface area contributed by atoms with Crippen molar-refractivity contribution in [2.45, 2.75) is 44.6 Å². The molecule has 0 aromatic carbocycles. The van der Waals surface area contributed by atoms with Crippen molar-refractivity contribution in [1.29, 1.82) is 0 Å². The highest BCUT2D eigenvalue weighted by atomic mass is 32.2. The molecule has 1 saturated heterocycles. The van der Waals surface area contributed by atoms with Crippen LogP contribution in [0.5, 0.6) is 0 Å². The molecule has 0 spiro atoms. The van der Waals surface area contributed by atoms with Gasteiger partial charge in [-0.1, -0.05) is 5.16 Å². The first-order valence-corrected chi connectivity index (χ1v) is 9.46. The lowest BCUT2D eigenvalue weighted by Gasteiger charge is -2.32. The smallest absolute Gasteiger partial charge is 0.246 e. The third kappa shape index (κ3) is 3.19. The highest BCUT2D eigenvalue weighted by Gasteiger charge is 2.36. The molecule has 1 amide bonds. The fourth-order valence-corrected chi connectivity index (χ4v) is 4.72. The van der Waals surface area contributed by atoms with Gasteiger partial charge in [0.2, 0.25) is 15.9 Å². The fourth-order valence-electron chi connectivity index (χ4n) is 3.17. The number of anilines is 1. The predicted molar refractivity (Wildman–Crippen MR) is 89.6 cm³/mol. The molecule has 25 heavy (non-hydrogen) atoms. The Morgan fingerprint density at radius 3 is 2.60 bits per heavy atom. The SMILES string of the molecule is Cc1cc(N2CCCC(NS(=O)(=O)c3c(C)noc3C)C2=O)n(C)n1. The first-order valence-electron chi connectivity index (χ1n) is 7.98. The number of aromatic nitrogens is 3. The molecule has 3 heterocycles. The number of aryl methyl sites for hydroxylation is 4. The molecule has 1 N–H and O–H groups in total. The van der Waals surface area contributed by atoms with Crippen molar-refractivity contribution < 1.29 is 17.7 Å². The van der Waals surface area contributed by atoms with Crippen molar-refractivity contribution in [3.8, 4) is 0 Å². The lowest BCUT2D eigenvalue weighted by atomic mass is 10.1. The number of nitrogens with one attached hydrogen (secondary N) is 1. The van der Waals surface area contributed by atoms with Gasteiger partial charge in [0, 0.05) is 19.7 Å². The average Bonchev–Trinajstić information content (AvgIpc) is 3.03. The monoisotopic (exact) mass is 367 g/mol. The normalized spacial score (nSPS) is 18.8. The Bertz CT molecular complexity index is 895. The van der Waals surface area contributed by atoms with Crippen molar-refractivity contribution in [3.05, 3.63) is 23.2 Å². The second kappa shape index (κ2) is 6.26. The van der Waals surface area contributed by atoms with E-state index < -0.39 is 16.1 Å². The molecule has 1 atom stereocenters. The van der Waals surface area contributed by atoms with Crippen LogP contribution in [0, 0.1) is 20.8 Å². The highest BCUT2D eigenvalue weighted by molar-refractivity contribution is 7.89. The summed E-state index contributed by atoms with van der Waals surface area (Å²) in [5.74, 6) is 0.570. The van der Waals surface area contributed by atoms with E-state index in [0.29, 0.717) is 25.2 Å². The van der Waals surface area contributed by atoms with E-state index >= 15 is 0 Å². The minimum atomic E-state index is -3.90. The minimum absolute atomic E-state index is 0.00574. The van der Waals surface area contributed by atoms with Gasteiger partial charge in [0.25, 0.3) is 0 Å². The zero-order valence-electron chi connectivity index (χ0n) is 14.6. The molecule has 1 fully saturated rings. The molecule has 0 bridgehead atoms. The minimum Gasteiger partial charge on any atom is -0.360 e. The van der Waals surface area contributed by atoms with Crippen molar-refractivity contribution in [2.75, 3.05) is 11.4 Å². The summed E-state index contributed by atoms with van der Waals surface area (Å²) in [5, 5.41) is 7.92. The molecule has 1 unspecified atom stereocenters. The van der Waals surface area contributed by atoms with Crippen LogP contribution in [0.1, 0.15) is 30.0 Å². The van der Waals surface area contributed by atoms with Crippen LogP contribution in [0.2, 0.25) is 0 Å². The second-order valence-corrected chi connectivity index (χ2v) is 7.88. The van der Waals surface area contributed by atoms with E-state index in [9.17, 15) is 13.2 Å². The summed E-state index contributed by atoms with van der Waals surface area (Å²) in [5.41, 5.74) is 1.07. The number of rotatable bonds is 4. The molecule has 0 saturated carbocycles. The van der Waals surface area contributed by atoms with E-state index in [2.05, 4.69) is 15.0 Å². The van der Waals surface area contributed by atoms with Gasteiger partial charge in [-0.2, -0.15) is 9.82 Å². The maximum atomic E-state index is 12.8. The van der Waals surface area contributed by atoms with Crippen LogP contribution in [0.25, 0.3) is 0 Å². The van der Waals surface area contributed by atoms with Gasteiger partial charge in [0.15, 0.2) is 5.76 Å². The maximum absolute atomic E-state index is 12.8. The molecule has 2 aromatic heterocycles. The maximum Gasteiger partial charge on any atom is 0.246 e. The molecular formula is C15H21N5O4S. The van der Waals surface area contributed by atoms with Crippen LogP contribution in [0.15, 0.2) is 15.5 Å². The molecule has 3 rings (SSSR count). The number of hydrogen-bond donors (Lipinski definition) is 1. The van der Waals surface area contributed by atoms with E-state index in [1.165, 1.54) is 6.92 Å². The largest absolute Gasteiger partial charge is 0.360 e. The molecule has 9 nitrogen and oxygen atoms in total. The first kappa shape index (κ1) is 17.6. The first-order chi connectivity index (χ1) is 11.7. The van der Waals surface area contributed by atoms with Gasteiger partial charge in [0.1, 0.15) is 22.4 Å². The zero-order valence-corrected chi connectivity index (χ0v) is 15.4. The predicted octanol–water partition coefficient (Wildman–Crippen LogP) is 0.807. The Balaban J connectivity index is 1.86. The van der Waals surface area contributed by atoms with Crippen LogP contribution < -0.4 is 9.62 Å². The Hall–Kier alpha value is -2.20. The van der Waals surface area contributed by atoms with Crippen molar-refractivity contribution in [2.24, 2.45) is 7.05 Å². The lowest BCUT2D eigenvalue weighted by Crippen LogP contribution is -2.52. The quantitative estimate of drug-likeness (QED) is 0.856. The number of carbonyl (C=O) groups excluding carboxylic acids is 1. The summed E-state index contributed by atoms with van der Waals surface area (Å²) in [6, 6.07) is 0.978. The molecule has 0 radical (unpaired) electrons. The zero-order chi connectivity index (χ0) is 18.4. The Morgan fingerprint density at radius 1 is 1.32 bits per heavy atom. The number of carbonyl (C=O) groups is 1. The lowest BCUT2D eigenvalue weighted by molar-refractivity contribution is -0.121. The van der Waals surface area contributed by atoms with E-state index in [1.54, 1.807) is 23.6 Å². The van der Waals surface area contributed by atoms with Crippen LogP contribution in [-0.2, 0) is 21.9 Å². The average molecular weight is 367 g/mol. The fraction of sp³-hybridized carbons (Fsp3) is 0.533. The van der Waals surface area contributed by atoms with Crippen molar-refractivity contribution in [1.82, 2.24) is 19.7 Å². The molecule has 10 heteroatoms. The standard InChI is InChI=1S/C15H21N5O4S/c1-9-8-13(19(4)16-9)20-7-5-6-12(15(20)21)18-25(22,23)14-10(2)17-24-11(14)3/h8,12,18H,5-7H2,1-4H3. The van der Waals surface area contributed by atoms with Crippen LogP contribution in [0.4, 0.5) is 5.82 Å². The summed E-state index contributed by atoms with van der Waals surface area (Å²) >= 11 is 0. The van der Waals surface area contributed by atoms with Gasteiger partial charge in [-0.05, 0) is 33.6 Å². The second-order valence-electron chi connectivity index (χ2n) is 6.23. The van der Waals surface area contributed by atoms with E-state index in [-0.39, 0.29) is 22.3 Å². The van der Waals surface area contributed by atoms with Gasteiger partial charge in [-0.25, -0.2) is 8.42 Å². The number of piperidine rings is 1. The van der Waals surface area contributed by atoms with E-state index in [4.69, 9.17) is 4.52 Å². The van der Waals surface area contributed by atoms with Crippen LogP contribution in [-0.4, -0.2) is 41.8 Å². The van der Waals surface area contributed by atoms with Gasteiger partial charge in [-0.15, -0.1) is 0 Å². The van der Waals surface area contributed by atoms with Gasteiger partial charge < -0.3 is 4.52 Å². The van der Waals surface area contributed by atoms with Crippen molar-refractivity contribution >= 4 is 21.7 Å². The van der Waals surface area contributed by atoms with Gasteiger partial charge >= 0.3 is 0 Å². The molecule has 1 aliphatic heterocycles. The summed E-state index contributed by atoms with van der Waals surface area (Å²) in [4.78, 5) is 14.4. The number of hydrogen-bond acceptors (Lipinski definition) is 6. The third-order valence-corrected chi connectivity index (χ3v) is 5.94. The van der Waals surface area contributed by atoms with Gasteiger partial charge in [0.05, 0.1) is 5.69 Å². The summed E-state index contributed by atoms with van der Waals surface area (Å²) in [6.07, 6.45) is 1.12. The Labute approximate surface area is 146 Å². The highest BCUT2D eigenvalue weighted by Crippen LogP contribution is 2.24. The molecule has 0 aliphatic carbocycles. The van der Waals surface area contributed by atoms with E-state index in [1.807, 2.05) is 13.0 Å². The Kier molecular flexibility index (Phi) is 4.41. The number of amides is 1. The molecular weight excluding hydrogens is 346 g/mol. The number of sulfonamides is 1. The summed E-state index contributed by atoms with van der Waals surface area (Å²) < 4.78 is 34.4. The van der Waals surface area contributed by atoms with Crippen LogP contribution >= 0.6 is 0 Å². The van der Waals surface area contributed by atoms with Crippen LogP contribution in [0.3, 0.4) is 0 Å². The Morgan fingerprint density at radius 2 is 2.04 bits per heavy atom. The summed E-state index contributed by atoms with van der Waals surface area (Å²) in [7, 11) is -2.14. The third-order valence-electron chi connectivity index (χ3n) is 4.23.